The Hall–Kier alpha value is -1.42. The molecule has 0 amide bonds. The zero-order valence-corrected chi connectivity index (χ0v) is 11.3. The third kappa shape index (κ3) is 2.50. The Kier molecular flexibility index (Phi) is 3.51. The van der Waals surface area contributed by atoms with Crippen molar-refractivity contribution in [2.75, 3.05) is 13.1 Å². The quantitative estimate of drug-likeness (QED) is 0.919. The highest BCUT2D eigenvalue weighted by Gasteiger charge is 2.25. The van der Waals surface area contributed by atoms with E-state index < -0.39 is 6.17 Å². The summed E-state index contributed by atoms with van der Waals surface area (Å²) in [4.78, 5) is 0. The number of alkyl halides is 1. The van der Waals surface area contributed by atoms with E-state index in [1.54, 1.807) is 0 Å². The summed E-state index contributed by atoms with van der Waals surface area (Å²) in [5.41, 5.74) is 1.97. The van der Waals surface area contributed by atoms with Gasteiger partial charge in [-0.1, -0.05) is 18.2 Å². The molecular weight excluding hydrogens is 241 g/mol. The number of fused-ring (bicyclic) bond motifs is 1. The van der Waals surface area contributed by atoms with Gasteiger partial charge in [0.2, 0.25) is 0 Å². The van der Waals surface area contributed by atoms with Crippen molar-refractivity contribution in [1.29, 1.82) is 0 Å². The van der Waals surface area contributed by atoms with Gasteiger partial charge in [-0.3, -0.25) is 4.68 Å². The number of hydrogen-bond acceptors (Lipinski definition) is 2. The average Bonchev–Trinajstić information content (AvgIpc) is 2.77. The molecule has 1 aliphatic heterocycles. The van der Waals surface area contributed by atoms with Gasteiger partial charge in [0.05, 0.1) is 11.2 Å². The van der Waals surface area contributed by atoms with E-state index in [4.69, 9.17) is 0 Å². The minimum atomic E-state index is -0.777. The van der Waals surface area contributed by atoms with Crippen LogP contribution in [0.4, 0.5) is 4.39 Å². The summed E-state index contributed by atoms with van der Waals surface area (Å²) in [6.45, 7) is 1.88. The van der Waals surface area contributed by atoms with Gasteiger partial charge in [-0.25, -0.2) is 4.39 Å². The fraction of sp³-hybridized carbons (Fsp3) is 0.533. The molecule has 0 bridgehead atoms. The van der Waals surface area contributed by atoms with E-state index in [-0.39, 0.29) is 5.92 Å². The molecule has 102 valence electrons. The van der Waals surface area contributed by atoms with Gasteiger partial charge in [-0.2, -0.15) is 5.10 Å². The van der Waals surface area contributed by atoms with Crippen molar-refractivity contribution in [2.45, 2.75) is 25.4 Å². The molecule has 1 atom stereocenters. The summed E-state index contributed by atoms with van der Waals surface area (Å²) < 4.78 is 16.3. The summed E-state index contributed by atoms with van der Waals surface area (Å²) in [5.74, 6) is 0.182. The van der Waals surface area contributed by atoms with Crippen LogP contribution in [0, 0.1) is 5.92 Å². The topological polar surface area (TPSA) is 29.9 Å². The maximum Gasteiger partial charge on any atom is 0.109 e. The van der Waals surface area contributed by atoms with Crippen molar-refractivity contribution in [2.24, 2.45) is 13.0 Å². The largest absolute Gasteiger partial charge is 0.317 e. The van der Waals surface area contributed by atoms with Crippen molar-refractivity contribution in [3.8, 4) is 0 Å². The van der Waals surface area contributed by atoms with Crippen molar-refractivity contribution in [1.82, 2.24) is 15.1 Å². The number of nitrogens with zero attached hydrogens (tertiary/aromatic N) is 2. The van der Waals surface area contributed by atoms with Gasteiger partial charge in [-0.15, -0.1) is 0 Å². The smallest absolute Gasteiger partial charge is 0.109 e. The molecule has 0 radical (unpaired) electrons. The van der Waals surface area contributed by atoms with E-state index in [9.17, 15) is 4.39 Å². The molecule has 2 aromatic rings. The lowest BCUT2D eigenvalue weighted by molar-refractivity contribution is 0.186. The molecule has 1 aromatic heterocycles. The molecule has 4 heteroatoms. The zero-order valence-electron chi connectivity index (χ0n) is 11.3. The summed E-state index contributed by atoms with van der Waals surface area (Å²) >= 11 is 0. The first-order valence-corrected chi connectivity index (χ1v) is 7.01. The summed E-state index contributed by atoms with van der Waals surface area (Å²) in [5, 5.41) is 8.85. The number of para-hydroxylation sites is 1. The molecule has 1 N–H and O–H groups in total. The minimum absolute atomic E-state index is 0.182. The van der Waals surface area contributed by atoms with Gasteiger partial charge < -0.3 is 5.32 Å². The first-order chi connectivity index (χ1) is 9.25. The van der Waals surface area contributed by atoms with E-state index in [0.717, 1.165) is 42.5 Å². The Bertz CT molecular complexity index is 558. The number of hydrogen-bond donors (Lipinski definition) is 1. The Morgan fingerprint density at radius 2 is 2.11 bits per heavy atom. The molecule has 1 aliphatic rings. The number of nitrogens with one attached hydrogen (secondary N) is 1. The van der Waals surface area contributed by atoms with E-state index in [2.05, 4.69) is 10.4 Å². The normalized spacial score (nSPS) is 18.8. The second kappa shape index (κ2) is 5.29. The number of rotatable bonds is 3. The van der Waals surface area contributed by atoms with Crippen molar-refractivity contribution < 1.29 is 4.39 Å². The van der Waals surface area contributed by atoms with E-state index >= 15 is 0 Å². The summed E-state index contributed by atoms with van der Waals surface area (Å²) in [7, 11) is 1.92. The number of aryl methyl sites for hydroxylation is 1. The molecule has 1 saturated heterocycles. The van der Waals surface area contributed by atoms with Crippen LogP contribution in [-0.4, -0.2) is 29.0 Å². The second-order valence-corrected chi connectivity index (χ2v) is 5.39. The van der Waals surface area contributed by atoms with E-state index in [1.165, 1.54) is 0 Å². The third-order valence-electron chi connectivity index (χ3n) is 4.12. The highest BCUT2D eigenvalue weighted by atomic mass is 19.1. The molecule has 19 heavy (non-hydrogen) atoms. The molecule has 1 unspecified atom stereocenters. The zero-order chi connectivity index (χ0) is 13.2. The first-order valence-electron chi connectivity index (χ1n) is 7.01. The second-order valence-electron chi connectivity index (χ2n) is 5.39. The first kappa shape index (κ1) is 12.6. The minimum Gasteiger partial charge on any atom is -0.317 e. The van der Waals surface area contributed by atoms with Gasteiger partial charge in [-0.05, 0) is 37.9 Å². The molecule has 2 heterocycles. The lowest BCUT2D eigenvalue weighted by Gasteiger charge is -2.25. The predicted molar refractivity (Wildman–Crippen MR) is 74.9 cm³/mol. The highest BCUT2D eigenvalue weighted by molar-refractivity contribution is 5.81. The Balaban J connectivity index is 1.81. The van der Waals surface area contributed by atoms with Gasteiger partial charge >= 0.3 is 0 Å². The van der Waals surface area contributed by atoms with Crippen LogP contribution in [0.2, 0.25) is 0 Å². The van der Waals surface area contributed by atoms with Crippen molar-refractivity contribution in [3.05, 3.63) is 30.0 Å². The molecule has 0 saturated carbocycles. The third-order valence-corrected chi connectivity index (χ3v) is 4.12. The van der Waals surface area contributed by atoms with Crippen LogP contribution in [0.3, 0.4) is 0 Å². The van der Waals surface area contributed by atoms with Crippen molar-refractivity contribution in [3.63, 3.8) is 0 Å². The predicted octanol–water partition coefficient (Wildman–Crippen LogP) is 2.45. The van der Waals surface area contributed by atoms with Crippen molar-refractivity contribution >= 4 is 10.9 Å². The SMILES string of the molecule is Cn1nc(CC(F)C2CCNCC2)c2ccccc21. The molecule has 1 aromatic carbocycles. The number of piperidine rings is 1. The lowest BCUT2D eigenvalue weighted by atomic mass is 9.90. The van der Waals surface area contributed by atoms with Crippen LogP contribution in [0.5, 0.6) is 0 Å². The van der Waals surface area contributed by atoms with Crippen LogP contribution >= 0.6 is 0 Å². The van der Waals surface area contributed by atoms with Gasteiger partial charge in [0.15, 0.2) is 0 Å². The Labute approximate surface area is 112 Å². The number of benzene rings is 1. The fourth-order valence-electron chi connectivity index (χ4n) is 3.00. The Morgan fingerprint density at radius 3 is 2.89 bits per heavy atom. The van der Waals surface area contributed by atoms with Crippen LogP contribution < -0.4 is 5.32 Å². The average molecular weight is 261 g/mol. The summed E-state index contributed by atoms with van der Waals surface area (Å²) in [6, 6.07) is 8.05. The van der Waals surface area contributed by atoms with Crippen LogP contribution in [0.25, 0.3) is 10.9 Å². The molecule has 0 spiro atoms. The van der Waals surface area contributed by atoms with Gasteiger partial charge in [0.1, 0.15) is 6.17 Å². The van der Waals surface area contributed by atoms with E-state index in [0.29, 0.717) is 6.42 Å². The van der Waals surface area contributed by atoms with Crippen LogP contribution in [0.15, 0.2) is 24.3 Å². The standard InChI is InChI=1S/C15H20FN3/c1-19-15-5-3-2-4-12(15)14(18-19)10-13(16)11-6-8-17-9-7-11/h2-5,11,13,17H,6-10H2,1H3. The van der Waals surface area contributed by atoms with Gasteiger partial charge in [0, 0.05) is 18.9 Å². The monoisotopic (exact) mass is 261 g/mol. The molecule has 3 nitrogen and oxygen atoms in total. The van der Waals surface area contributed by atoms with Crippen LogP contribution in [0.1, 0.15) is 18.5 Å². The highest BCUT2D eigenvalue weighted by Crippen LogP contribution is 2.25. The molecule has 0 aliphatic carbocycles. The maximum atomic E-state index is 14.4. The number of aromatic nitrogens is 2. The van der Waals surface area contributed by atoms with E-state index in [1.807, 2.05) is 36.0 Å². The number of halogens is 1. The fourth-order valence-corrected chi connectivity index (χ4v) is 3.00. The Morgan fingerprint density at radius 1 is 1.37 bits per heavy atom. The molecular formula is C15H20FN3. The molecule has 3 rings (SSSR count). The van der Waals surface area contributed by atoms with Gasteiger partial charge in [0.25, 0.3) is 0 Å². The lowest BCUT2D eigenvalue weighted by Crippen LogP contribution is -2.33. The maximum absolute atomic E-state index is 14.4. The van der Waals surface area contributed by atoms with Crippen LogP contribution in [-0.2, 0) is 13.5 Å². The molecule has 1 fully saturated rings. The summed E-state index contributed by atoms with van der Waals surface area (Å²) in [6.07, 6.45) is 1.53.